The summed E-state index contributed by atoms with van der Waals surface area (Å²) in [5.74, 6) is -1.37. The highest BCUT2D eigenvalue weighted by molar-refractivity contribution is 9.10. The van der Waals surface area contributed by atoms with E-state index in [1.165, 1.54) is 30.3 Å². The van der Waals surface area contributed by atoms with Crippen LogP contribution in [0.25, 0.3) is 0 Å². The number of halogens is 3. The molecule has 0 aliphatic heterocycles. The second-order valence-corrected chi connectivity index (χ2v) is 5.77. The number of nitrogens with one attached hydrogen (secondary N) is 1. The Labute approximate surface area is 135 Å². The van der Waals surface area contributed by atoms with Crippen LogP contribution >= 0.6 is 31.9 Å². The molecule has 0 bridgehead atoms. The summed E-state index contributed by atoms with van der Waals surface area (Å²) in [6.07, 6.45) is 0. The van der Waals surface area contributed by atoms with Gasteiger partial charge in [-0.1, -0.05) is 15.9 Å². The lowest BCUT2D eigenvalue weighted by Crippen LogP contribution is -2.14. The van der Waals surface area contributed by atoms with Crippen LogP contribution in [-0.4, -0.2) is 10.8 Å². The van der Waals surface area contributed by atoms with E-state index in [2.05, 4.69) is 37.2 Å². The molecule has 0 aromatic heterocycles. The highest BCUT2D eigenvalue weighted by Gasteiger charge is 2.16. The van der Waals surface area contributed by atoms with Crippen LogP contribution in [0.1, 0.15) is 10.4 Å². The van der Waals surface area contributed by atoms with Crippen LogP contribution in [0.3, 0.4) is 0 Å². The number of carbonyl (C=O) groups excluding carboxylic acids is 1. The molecular formula is C13H7Br2FN2O3. The van der Waals surface area contributed by atoms with Crippen LogP contribution in [0.5, 0.6) is 0 Å². The first-order chi connectivity index (χ1) is 9.88. The number of hydrogen-bond donors (Lipinski definition) is 1. The monoisotopic (exact) mass is 416 g/mol. The summed E-state index contributed by atoms with van der Waals surface area (Å²) in [6, 6.07) is 8.06. The van der Waals surface area contributed by atoms with E-state index in [0.717, 1.165) is 6.07 Å². The van der Waals surface area contributed by atoms with Crippen LogP contribution in [0.4, 0.5) is 15.8 Å². The van der Waals surface area contributed by atoms with Crippen molar-refractivity contribution in [1.82, 2.24) is 0 Å². The van der Waals surface area contributed by atoms with Crippen LogP contribution in [0.15, 0.2) is 45.3 Å². The molecular weight excluding hydrogens is 411 g/mol. The summed E-state index contributed by atoms with van der Waals surface area (Å²) in [6.45, 7) is 0. The zero-order valence-corrected chi connectivity index (χ0v) is 13.4. The zero-order chi connectivity index (χ0) is 15.6. The van der Waals surface area contributed by atoms with Gasteiger partial charge in [0.2, 0.25) is 0 Å². The number of rotatable bonds is 3. The molecule has 0 aliphatic rings. The highest BCUT2D eigenvalue weighted by Crippen LogP contribution is 2.28. The van der Waals surface area contributed by atoms with E-state index >= 15 is 0 Å². The van der Waals surface area contributed by atoms with Crippen molar-refractivity contribution in [3.63, 3.8) is 0 Å². The molecule has 5 nitrogen and oxygen atoms in total. The standard InChI is InChI=1S/C13H7Br2FN2O3/c14-7-1-4-11(16)9(5-7)13(19)17-8-2-3-10(15)12(6-8)18(20)21/h1-6H,(H,17,19). The smallest absolute Gasteiger partial charge is 0.285 e. The fourth-order valence-corrected chi connectivity index (χ4v) is 2.35. The maximum absolute atomic E-state index is 13.6. The minimum atomic E-state index is -0.689. The van der Waals surface area contributed by atoms with Gasteiger partial charge in [-0.05, 0) is 46.3 Å². The van der Waals surface area contributed by atoms with Crippen molar-refractivity contribution in [3.05, 3.63) is 66.8 Å². The third-order valence-electron chi connectivity index (χ3n) is 2.57. The molecule has 2 rings (SSSR count). The predicted molar refractivity (Wildman–Crippen MR) is 82.8 cm³/mol. The van der Waals surface area contributed by atoms with Crippen molar-refractivity contribution in [2.45, 2.75) is 0 Å². The Balaban J connectivity index is 2.29. The fraction of sp³-hybridized carbons (Fsp3) is 0. The van der Waals surface area contributed by atoms with Gasteiger partial charge in [0.05, 0.1) is 15.0 Å². The second-order valence-electron chi connectivity index (χ2n) is 4.00. The predicted octanol–water partition coefficient (Wildman–Crippen LogP) is 4.51. The van der Waals surface area contributed by atoms with Crippen LogP contribution in [0.2, 0.25) is 0 Å². The van der Waals surface area contributed by atoms with Crippen LogP contribution in [0, 0.1) is 15.9 Å². The SMILES string of the molecule is O=C(Nc1ccc(Br)c([N+](=O)[O-])c1)c1cc(Br)ccc1F. The molecule has 0 aliphatic carbocycles. The van der Waals surface area contributed by atoms with Gasteiger partial charge in [-0.2, -0.15) is 0 Å². The Morgan fingerprint density at radius 2 is 1.90 bits per heavy atom. The second kappa shape index (κ2) is 6.31. The lowest BCUT2D eigenvalue weighted by atomic mass is 10.2. The highest BCUT2D eigenvalue weighted by atomic mass is 79.9. The van der Waals surface area contributed by atoms with E-state index in [-0.39, 0.29) is 16.9 Å². The van der Waals surface area contributed by atoms with E-state index in [9.17, 15) is 19.3 Å². The molecule has 0 unspecified atom stereocenters. The number of benzene rings is 2. The molecule has 1 N–H and O–H groups in total. The summed E-state index contributed by atoms with van der Waals surface area (Å²) < 4.78 is 14.4. The minimum Gasteiger partial charge on any atom is -0.322 e. The molecule has 0 fully saturated rings. The maximum Gasteiger partial charge on any atom is 0.285 e. The number of hydrogen-bond acceptors (Lipinski definition) is 3. The maximum atomic E-state index is 13.6. The third-order valence-corrected chi connectivity index (χ3v) is 3.74. The molecule has 0 heterocycles. The molecule has 2 aromatic rings. The Hall–Kier alpha value is -1.80. The van der Waals surface area contributed by atoms with Crippen molar-refractivity contribution in [3.8, 4) is 0 Å². The summed E-state index contributed by atoms with van der Waals surface area (Å²) in [5, 5.41) is 13.2. The average molecular weight is 418 g/mol. The lowest BCUT2D eigenvalue weighted by Gasteiger charge is -2.07. The average Bonchev–Trinajstić information content (AvgIpc) is 2.43. The molecule has 0 saturated carbocycles. The van der Waals surface area contributed by atoms with Crippen LogP contribution < -0.4 is 5.32 Å². The van der Waals surface area contributed by atoms with E-state index in [4.69, 9.17) is 0 Å². The number of amides is 1. The van der Waals surface area contributed by atoms with Crippen molar-refractivity contribution in [1.29, 1.82) is 0 Å². The first kappa shape index (κ1) is 15.6. The zero-order valence-electron chi connectivity index (χ0n) is 10.3. The van der Waals surface area contributed by atoms with Gasteiger partial charge < -0.3 is 5.32 Å². The number of nitrogens with zero attached hydrogens (tertiary/aromatic N) is 1. The van der Waals surface area contributed by atoms with Gasteiger partial charge in [0.1, 0.15) is 5.82 Å². The largest absolute Gasteiger partial charge is 0.322 e. The molecule has 1 amide bonds. The summed E-state index contributed by atoms with van der Waals surface area (Å²) in [5.41, 5.74) is -0.147. The third kappa shape index (κ3) is 3.64. The van der Waals surface area contributed by atoms with Gasteiger partial charge in [-0.3, -0.25) is 14.9 Å². The molecule has 0 atom stereocenters. The van der Waals surface area contributed by atoms with Crippen molar-refractivity contribution in [2.24, 2.45) is 0 Å². The molecule has 0 spiro atoms. The molecule has 8 heteroatoms. The minimum absolute atomic E-state index is 0.157. The van der Waals surface area contributed by atoms with E-state index < -0.39 is 16.6 Å². The molecule has 2 aromatic carbocycles. The first-order valence-electron chi connectivity index (χ1n) is 5.59. The van der Waals surface area contributed by atoms with Crippen molar-refractivity contribution < 1.29 is 14.1 Å². The Kier molecular flexibility index (Phi) is 4.69. The topological polar surface area (TPSA) is 72.2 Å². The van der Waals surface area contributed by atoms with Crippen molar-refractivity contribution in [2.75, 3.05) is 5.32 Å². The lowest BCUT2D eigenvalue weighted by molar-refractivity contribution is -0.385. The summed E-state index contributed by atoms with van der Waals surface area (Å²) in [4.78, 5) is 22.2. The molecule has 108 valence electrons. The Morgan fingerprint density at radius 3 is 2.57 bits per heavy atom. The van der Waals surface area contributed by atoms with E-state index in [1.54, 1.807) is 0 Å². The Morgan fingerprint density at radius 1 is 1.19 bits per heavy atom. The first-order valence-corrected chi connectivity index (χ1v) is 7.17. The van der Waals surface area contributed by atoms with E-state index in [0.29, 0.717) is 8.95 Å². The van der Waals surface area contributed by atoms with Crippen molar-refractivity contribution >= 4 is 49.1 Å². The summed E-state index contributed by atoms with van der Waals surface area (Å²) >= 11 is 6.19. The van der Waals surface area contributed by atoms with Gasteiger partial charge in [0.15, 0.2) is 0 Å². The van der Waals surface area contributed by atoms with Gasteiger partial charge in [0.25, 0.3) is 11.6 Å². The van der Waals surface area contributed by atoms with E-state index in [1.807, 2.05) is 0 Å². The van der Waals surface area contributed by atoms with Crippen LogP contribution in [-0.2, 0) is 0 Å². The Bertz CT molecular complexity index is 737. The number of nitro benzene ring substituents is 1. The molecule has 21 heavy (non-hydrogen) atoms. The number of anilines is 1. The van der Waals surface area contributed by atoms with Gasteiger partial charge in [0, 0.05) is 16.2 Å². The van der Waals surface area contributed by atoms with Gasteiger partial charge >= 0.3 is 0 Å². The normalized spacial score (nSPS) is 10.2. The summed E-state index contributed by atoms with van der Waals surface area (Å²) in [7, 11) is 0. The molecule has 0 radical (unpaired) electrons. The molecule has 0 saturated heterocycles. The number of carbonyl (C=O) groups is 1. The fourth-order valence-electron chi connectivity index (χ4n) is 1.60. The van der Waals surface area contributed by atoms with Gasteiger partial charge in [-0.25, -0.2) is 4.39 Å². The van der Waals surface area contributed by atoms with Gasteiger partial charge in [-0.15, -0.1) is 0 Å². The quantitative estimate of drug-likeness (QED) is 0.589. The number of nitro groups is 1.